The first-order valence-electron chi connectivity index (χ1n) is 12.4. The van der Waals surface area contributed by atoms with E-state index in [-0.39, 0.29) is 0 Å². The van der Waals surface area contributed by atoms with E-state index in [4.69, 9.17) is 12.6 Å². The molecule has 0 saturated carbocycles. The fraction of sp³-hybridized carbons (Fsp3) is 0.630. The maximum Gasteiger partial charge on any atom is 0.160 e. The van der Waals surface area contributed by atoms with Crippen molar-refractivity contribution in [2.24, 2.45) is 0 Å². The van der Waals surface area contributed by atoms with Gasteiger partial charge in [0.05, 0.1) is 0 Å². The van der Waals surface area contributed by atoms with Crippen molar-refractivity contribution in [2.45, 2.75) is 115 Å². The van der Waals surface area contributed by atoms with Gasteiger partial charge in [0, 0.05) is 22.9 Å². The molecule has 2 nitrogen and oxygen atoms in total. The molecule has 30 heavy (non-hydrogen) atoms. The van der Waals surface area contributed by atoms with Crippen molar-refractivity contribution in [3.63, 3.8) is 0 Å². The molecule has 3 heteroatoms. The maximum absolute atomic E-state index is 4.72. The summed E-state index contributed by atoms with van der Waals surface area (Å²) in [5.74, 6) is 0.786. The van der Waals surface area contributed by atoms with Crippen LogP contribution in [-0.2, 0) is 12.8 Å². The van der Waals surface area contributed by atoms with Crippen molar-refractivity contribution in [1.29, 1.82) is 0 Å². The minimum Gasteiger partial charge on any atom is -0.236 e. The molecule has 1 aromatic heterocycles. The zero-order valence-corrected chi connectivity index (χ0v) is 20.2. The first-order chi connectivity index (χ1) is 14.7. The summed E-state index contributed by atoms with van der Waals surface area (Å²) in [7, 11) is 0. The first kappa shape index (κ1) is 24.9. The van der Waals surface area contributed by atoms with Crippen LogP contribution in [0.15, 0.2) is 35.5 Å². The van der Waals surface area contributed by atoms with Crippen molar-refractivity contribution in [3.8, 4) is 11.4 Å². The second-order valence-electron chi connectivity index (χ2n) is 8.66. The largest absolute Gasteiger partial charge is 0.236 e. The van der Waals surface area contributed by atoms with Crippen molar-refractivity contribution in [1.82, 2.24) is 9.97 Å². The van der Waals surface area contributed by atoms with Crippen molar-refractivity contribution in [3.05, 3.63) is 41.7 Å². The van der Waals surface area contributed by atoms with Gasteiger partial charge in [0.25, 0.3) is 0 Å². The highest BCUT2D eigenvalue weighted by Crippen LogP contribution is 2.25. The summed E-state index contributed by atoms with van der Waals surface area (Å²) in [6.07, 6.45) is 23.6. The van der Waals surface area contributed by atoms with E-state index in [1.165, 1.54) is 94.6 Å². The highest BCUT2D eigenvalue weighted by Gasteiger charge is 2.07. The molecule has 0 spiro atoms. The Hall–Kier alpha value is -1.35. The van der Waals surface area contributed by atoms with Crippen molar-refractivity contribution >= 4 is 12.6 Å². The van der Waals surface area contributed by atoms with E-state index in [9.17, 15) is 0 Å². The van der Waals surface area contributed by atoms with Gasteiger partial charge in [-0.05, 0) is 48.9 Å². The van der Waals surface area contributed by atoms with Gasteiger partial charge in [-0.25, -0.2) is 9.97 Å². The third-order valence-electron chi connectivity index (χ3n) is 5.90. The molecule has 166 valence electrons. The number of rotatable bonds is 16. The molecular weight excluding hydrogens is 384 g/mol. The highest BCUT2D eigenvalue weighted by molar-refractivity contribution is 7.80. The van der Waals surface area contributed by atoms with Gasteiger partial charge in [-0.1, -0.05) is 90.5 Å². The molecule has 0 bridgehead atoms. The van der Waals surface area contributed by atoms with Crippen molar-refractivity contribution < 1.29 is 0 Å². The van der Waals surface area contributed by atoms with E-state index < -0.39 is 0 Å². The molecule has 2 rings (SSSR count). The second-order valence-corrected chi connectivity index (χ2v) is 9.14. The topological polar surface area (TPSA) is 25.8 Å². The van der Waals surface area contributed by atoms with E-state index in [2.05, 4.69) is 42.0 Å². The fourth-order valence-electron chi connectivity index (χ4n) is 3.94. The number of nitrogens with zero attached hydrogens (tertiary/aromatic N) is 2. The minimum absolute atomic E-state index is 0.786. The summed E-state index contributed by atoms with van der Waals surface area (Å²) in [6, 6.07) is 6.56. The lowest BCUT2D eigenvalue weighted by molar-refractivity contribution is 0.589. The van der Waals surface area contributed by atoms with E-state index in [1.54, 1.807) is 0 Å². The van der Waals surface area contributed by atoms with Crippen LogP contribution in [0.3, 0.4) is 0 Å². The van der Waals surface area contributed by atoms with E-state index in [1.807, 2.05) is 12.4 Å². The number of hydrogen-bond donors (Lipinski definition) is 1. The van der Waals surface area contributed by atoms with E-state index >= 15 is 0 Å². The molecular formula is C27H42N2S. The Morgan fingerprint density at radius 1 is 0.633 bits per heavy atom. The Bertz CT molecular complexity index is 697. The summed E-state index contributed by atoms with van der Waals surface area (Å²) in [5, 5.41) is 0. The molecule has 0 unspecified atom stereocenters. The lowest BCUT2D eigenvalue weighted by Gasteiger charge is -2.08. The standard InChI is InChI=1S/C27H42N2S/c1-3-5-7-9-11-13-14-16-23-18-19-25(26(30)20-23)27-28-21-24(22-29-27)17-15-12-10-8-6-4-2/h18-22,30H,3-17H2,1-2H3. The van der Waals surface area contributed by atoms with Gasteiger partial charge >= 0.3 is 0 Å². The predicted molar refractivity (Wildman–Crippen MR) is 133 cm³/mol. The summed E-state index contributed by atoms with van der Waals surface area (Å²) in [6.45, 7) is 4.54. The molecule has 0 amide bonds. The molecule has 2 aromatic rings. The number of thiol groups is 1. The average Bonchev–Trinajstić information content (AvgIpc) is 2.76. The third kappa shape index (κ3) is 9.64. The SMILES string of the molecule is CCCCCCCCCc1ccc(-c2ncc(CCCCCCCC)cn2)c(S)c1. The number of benzene rings is 1. The molecule has 1 heterocycles. The van der Waals surface area contributed by atoms with Gasteiger partial charge in [-0.3, -0.25) is 0 Å². The maximum atomic E-state index is 4.72. The van der Waals surface area contributed by atoms with Crippen LogP contribution in [0.5, 0.6) is 0 Å². The van der Waals surface area contributed by atoms with Gasteiger partial charge < -0.3 is 0 Å². The summed E-state index contributed by atoms with van der Waals surface area (Å²) < 4.78 is 0. The van der Waals surface area contributed by atoms with Gasteiger partial charge in [0.1, 0.15) is 0 Å². The zero-order chi connectivity index (χ0) is 21.4. The second kappa shape index (κ2) is 15.5. The van der Waals surface area contributed by atoms with Gasteiger partial charge in [-0.15, -0.1) is 12.6 Å². The Labute approximate surface area is 190 Å². The molecule has 0 aliphatic rings. The number of hydrogen-bond acceptors (Lipinski definition) is 3. The zero-order valence-electron chi connectivity index (χ0n) is 19.3. The summed E-state index contributed by atoms with van der Waals surface area (Å²) >= 11 is 4.72. The van der Waals surface area contributed by atoms with E-state index in [0.717, 1.165) is 29.1 Å². The fourth-order valence-corrected chi connectivity index (χ4v) is 4.28. The average molecular weight is 427 g/mol. The van der Waals surface area contributed by atoms with Gasteiger partial charge in [-0.2, -0.15) is 0 Å². The first-order valence-corrected chi connectivity index (χ1v) is 12.8. The Morgan fingerprint density at radius 3 is 1.67 bits per heavy atom. The number of aryl methyl sites for hydroxylation is 2. The highest BCUT2D eigenvalue weighted by atomic mass is 32.1. The molecule has 0 radical (unpaired) electrons. The minimum atomic E-state index is 0.786. The quantitative estimate of drug-likeness (QED) is 0.215. The van der Waals surface area contributed by atoms with Crippen LogP contribution >= 0.6 is 12.6 Å². The van der Waals surface area contributed by atoms with E-state index in [0.29, 0.717) is 0 Å². The summed E-state index contributed by atoms with van der Waals surface area (Å²) in [4.78, 5) is 10.2. The van der Waals surface area contributed by atoms with Crippen LogP contribution in [0, 0.1) is 0 Å². The molecule has 0 saturated heterocycles. The molecule has 0 fully saturated rings. The number of aromatic nitrogens is 2. The Morgan fingerprint density at radius 2 is 1.13 bits per heavy atom. The van der Waals surface area contributed by atoms with Crippen LogP contribution in [0.25, 0.3) is 11.4 Å². The molecule has 0 aliphatic heterocycles. The number of unbranched alkanes of at least 4 members (excludes halogenated alkanes) is 11. The molecule has 0 atom stereocenters. The van der Waals surface area contributed by atoms with Crippen LogP contribution < -0.4 is 0 Å². The molecule has 1 aromatic carbocycles. The summed E-state index contributed by atoms with van der Waals surface area (Å²) in [5.41, 5.74) is 3.65. The Kier molecular flexibility index (Phi) is 12.8. The predicted octanol–water partition coefficient (Wildman–Crippen LogP) is 8.63. The lowest BCUT2D eigenvalue weighted by Crippen LogP contribution is -1.95. The van der Waals surface area contributed by atoms with Crippen molar-refractivity contribution in [2.75, 3.05) is 0 Å². The molecule has 0 aliphatic carbocycles. The lowest BCUT2D eigenvalue weighted by atomic mass is 10.0. The Balaban J connectivity index is 1.76. The normalized spacial score (nSPS) is 11.2. The van der Waals surface area contributed by atoms with Crippen LogP contribution in [0.2, 0.25) is 0 Å². The third-order valence-corrected chi connectivity index (χ3v) is 6.27. The smallest absolute Gasteiger partial charge is 0.160 e. The van der Waals surface area contributed by atoms with Crippen LogP contribution in [0.4, 0.5) is 0 Å². The van der Waals surface area contributed by atoms with Gasteiger partial charge in [0.2, 0.25) is 0 Å². The monoisotopic (exact) mass is 426 g/mol. The van der Waals surface area contributed by atoms with Crippen LogP contribution in [0.1, 0.15) is 108 Å². The van der Waals surface area contributed by atoms with Gasteiger partial charge in [0.15, 0.2) is 5.82 Å². The molecule has 0 N–H and O–H groups in total. The van der Waals surface area contributed by atoms with Crippen LogP contribution in [-0.4, -0.2) is 9.97 Å².